The van der Waals surface area contributed by atoms with Crippen molar-refractivity contribution >= 4 is 28.3 Å². The van der Waals surface area contributed by atoms with Crippen molar-refractivity contribution < 1.29 is 27.9 Å². The molecule has 37 heavy (non-hydrogen) atoms. The lowest BCUT2D eigenvalue weighted by molar-refractivity contribution is -0.136. The number of ether oxygens (including phenoxy) is 2. The molecule has 1 amide bonds. The molecule has 11 heteroatoms. The first-order valence-corrected chi connectivity index (χ1v) is 13.9. The van der Waals surface area contributed by atoms with Crippen LogP contribution < -0.4 is 10.2 Å². The molecule has 0 saturated heterocycles. The fourth-order valence-corrected chi connectivity index (χ4v) is 6.34. The van der Waals surface area contributed by atoms with E-state index in [0.717, 1.165) is 32.1 Å². The minimum Gasteiger partial charge on any atom is -0.497 e. The van der Waals surface area contributed by atoms with E-state index in [9.17, 15) is 18.4 Å². The summed E-state index contributed by atoms with van der Waals surface area (Å²) in [4.78, 5) is 17.1. The quantitative estimate of drug-likeness (QED) is 0.214. The second-order valence-corrected chi connectivity index (χ2v) is 11.0. The lowest BCUT2D eigenvalue weighted by Gasteiger charge is -2.38. The minimum absolute atomic E-state index is 0. The number of carbonyl (C=O) groups is 1. The van der Waals surface area contributed by atoms with Crippen molar-refractivity contribution in [3.63, 3.8) is 0 Å². The molecular weight excluding hydrogens is 518 g/mol. The average Bonchev–Trinajstić information content (AvgIpc) is 2.92. The number of hydroxylamine groups is 1. The van der Waals surface area contributed by atoms with Gasteiger partial charge in [0.25, 0.3) is 5.91 Å². The Morgan fingerprint density at radius 1 is 1.11 bits per heavy atom. The minimum atomic E-state index is -4.11. The monoisotopic (exact) mass is 555 g/mol. The number of hydrogen-bond donors (Lipinski definition) is 2. The molecule has 0 bridgehead atoms. The Morgan fingerprint density at radius 2 is 1.76 bits per heavy atom. The molecule has 1 atom stereocenters. The molecule has 1 aromatic heterocycles. The molecule has 1 saturated carbocycles. The van der Waals surface area contributed by atoms with Crippen LogP contribution in [0.3, 0.4) is 0 Å². The van der Waals surface area contributed by atoms with E-state index in [1.165, 1.54) is 23.5 Å². The van der Waals surface area contributed by atoms with Crippen molar-refractivity contribution in [1.29, 1.82) is 0 Å². The van der Waals surface area contributed by atoms with Crippen molar-refractivity contribution in [2.24, 2.45) is 5.92 Å². The number of pyridine rings is 1. The molecular formula is C26H38ClN3O6S. The highest BCUT2D eigenvalue weighted by Crippen LogP contribution is 2.34. The number of methoxy groups -OCH3 is 1. The molecule has 0 spiro atoms. The Hall–Kier alpha value is -2.24. The number of sulfonamides is 1. The highest BCUT2D eigenvalue weighted by Gasteiger charge is 2.42. The number of unbranched alkanes of at least 4 members (excludes halogenated alkanes) is 2. The number of amides is 1. The van der Waals surface area contributed by atoms with Crippen LogP contribution in [0.15, 0.2) is 53.7 Å². The van der Waals surface area contributed by atoms with Crippen LogP contribution in [0.1, 0.15) is 57.4 Å². The second kappa shape index (κ2) is 15.2. The summed E-state index contributed by atoms with van der Waals surface area (Å²) >= 11 is 0. The molecule has 2 N–H and O–H groups in total. The third kappa shape index (κ3) is 8.38. The molecule has 0 aliphatic heterocycles. The summed E-state index contributed by atoms with van der Waals surface area (Å²) in [5.41, 5.74) is 2.41. The van der Waals surface area contributed by atoms with Crippen molar-refractivity contribution in [2.45, 2.75) is 75.5 Å². The van der Waals surface area contributed by atoms with E-state index in [0.29, 0.717) is 30.8 Å². The van der Waals surface area contributed by atoms with E-state index in [1.54, 1.807) is 42.1 Å². The number of hydrogen-bond acceptors (Lipinski definition) is 7. The maximum atomic E-state index is 13.9. The maximum Gasteiger partial charge on any atom is 0.262 e. The smallest absolute Gasteiger partial charge is 0.262 e. The van der Waals surface area contributed by atoms with Gasteiger partial charge in [0.1, 0.15) is 11.8 Å². The van der Waals surface area contributed by atoms with Gasteiger partial charge in [0.05, 0.1) is 18.1 Å². The van der Waals surface area contributed by atoms with Crippen molar-refractivity contribution in [3.05, 3.63) is 54.4 Å². The van der Waals surface area contributed by atoms with Gasteiger partial charge >= 0.3 is 0 Å². The Bertz CT molecular complexity index is 1050. The van der Waals surface area contributed by atoms with Crippen LogP contribution in [0.5, 0.6) is 5.75 Å². The zero-order chi connectivity index (χ0) is 26.0. The molecule has 9 nitrogen and oxygen atoms in total. The summed E-state index contributed by atoms with van der Waals surface area (Å²) in [5.74, 6) is -0.493. The van der Waals surface area contributed by atoms with Crippen molar-refractivity contribution in [3.8, 4) is 5.75 Å². The summed E-state index contributed by atoms with van der Waals surface area (Å²) in [5, 5.41) is 9.60. The van der Waals surface area contributed by atoms with Gasteiger partial charge in [-0.05, 0) is 80.0 Å². The first kappa shape index (κ1) is 31.0. The Labute approximate surface area is 226 Å². The van der Waals surface area contributed by atoms with Gasteiger partial charge in [-0.25, -0.2) is 13.9 Å². The molecule has 2 aromatic rings. The molecule has 1 aliphatic carbocycles. The van der Waals surface area contributed by atoms with Crippen LogP contribution in [-0.2, 0) is 26.1 Å². The number of nitrogens with one attached hydrogen (secondary N) is 1. The lowest BCUT2D eigenvalue weighted by Crippen LogP contribution is -2.53. The number of aromatic nitrogens is 1. The average molecular weight is 556 g/mol. The number of benzene rings is 1. The Balaban J connectivity index is 0.00000481. The van der Waals surface area contributed by atoms with Gasteiger partial charge in [-0.1, -0.05) is 19.8 Å². The van der Waals surface area contributed by atoms with Crippen LogP contribution in [0.2, 0.25) is 0 Å². The third-order valence-electron chi connectivity index (χ3n) is 6.71. The summed E-state index contributed by atoms with van der Waals surface area (Å²) < 4.78 is 40.2. The van der Waals surface area contributed by atoms with Crippen molar-refractivity contribution in [2.75, 3.05) is 13.7 Å². The highest BCUT2D eigenvalue weighted by atomic mass is 35.5. The van der Waals surface area contributed by atoms with Gasteiger partial charge in [-0.15, -0.1) is 12.4 Å². The fraction of sp³-hybridized carbons (Fsp3) is 0.538. The van der Waals surface area contributed by atoms with E-state index in [1.807, 2.05) is 0 Å². The van der Waals surface area contributed by atoms with Gasteiger partial charge in [0, 0.05) is 25.5 Å². The topological polar surface area (TPSA) is 118 Å². The fourth-order valence-electron chi connectivity index (χ4n) is 4.70. The van der Waals surface area contributed by atoms with E-state index < -0.39 is 22.0 Å². The van der Waals surface area contributed by atoms with Gasteiger partial charge in [0.15, 0.2) is 0 Å². The number of halogens is 1. The normalized spacial score (nSPS) is 18.6. The molecule has 1 aromatic carbocycles. The predicted molar refractivity (Wildman–Crippen MR) is 142 cm³/mol. The van der Waals surface area contributed by atoms with Crippen LogP contribution in [-0.4, -0.2) is 54.7 Å². The number of carbonyl (C=O) groups excluding carboxylic acids is 1. The molecule has 0 unspecified atom stereocenters. The van der Waals surface area contributed by atoms with E-state index in [-0.39, 0.29) is 35.9 Å². The van der Waals surface area contributed by atoms with Crippen LogP contribution >= 0.6 is 12.4 Å². The molecule has 3 rings (SSSR count). The predicted octanol–water partition coefficient (Wildman–Crippen LogP) is 4.34. The van der Waals surface area contributed by atoms with E-state index in [4.69, 9.17) is 9.47 Å². The van der Waals surface area contributed by atoms with Crippen molar-refractivity contribution in [1.82, 2.24) is 14.8 Å². The zero-order valence-corrected chi connectivity index (χ0v) is 23.0. The van der Waals surface area contributed by atoms with Gasteiger partial charge in [-0.2, -0.15) is 4.31 Å². The maximum absolute atomic E-state index is 13.9. The summed E-state index contributed by atoms with van der Waals surface area (Å²) in [6.07, 6.45) is 9.23. The molecule has 1 heterocycles. The molecule has 206 valence electrons. The number of nitrogens with zero attached hydrogens (tertiary/aromatic N) is 2. The Kier molecular flexibility index (Phi) is 12.8. The Morgan fingerprint density at radius 3 is 2.32 bits per heavy atom. The second-order valence-electron chi connectivity index (χ2n) is 9.12. The number of rotatable bonds is 13. The van der Waals surface area contributed by atoms with Gasteiger partial charge in [-0.3, -0.25) is 15.0 Å². The van der Waals surface area contributed by atoms with Crippen LogP contribution in [0.4, 0.5) is 0 Å². The highest BCUT2D eigenvalue weighted by molar-refractivity contribution is 7.89. The first-order chi connectivity index (χ1) is 17.4. The van der Waals surface area contributed by atoms with Crippen LogP contribution in [0, 0.1) is 5.92 Å². The third-order valence-corrected chi connectivity index (χ3v) is 8.55. The summed E-state index contributed by atoms with van der Waals surface area (Å²) in [6, 6.07) is 8.40. The largest absolute Gasteiger partial charge is 0.497 e. The van der Waals surface area contributed by atoms with Crippen LogP contribution in [0.25, 0.3) is 0 Å². The summed E-state index contributed by atoms with van der Waals surface area (Å²) in [7, 11) is -2.60. The van der Waals surface area contributed by atoms with Gasteiger partial charge < -0.3 is 9.47 Å². The van der Waals surface area contributed by atoms with E-state index in [2.05, 4.69) is 11.9 Å². The molecule has 1 fully saturated rings. The molecule has 0 radical (unpaired) electrons. The standard InChI is InChI=1S/C26H37N3O6S.ClH/c1-3-4-5-18-35-23-8-6-21(7-9-23)25(26(30)28-31)29(19-20-14-16-27-17-15-20)36(32,33)24-12-10-22(34-2)11-13-24;/h10-17,21,23,25,31H,3-9,18-19H2,1-2H3,(H,28,30);1H/t21-,23-,25-;/m1./s1. The zero-order valence-electron chi connectivity index (χ0n) is 21.4. The van der Waals surface area contributed by atoms with E-state index >= 15 is 0 Å². The molecule has 1 aliphatic rings. The lowest BCUT2D eigenvalue weighted by atomic mass is 9.82. The first-order valence-electron chi connectivity index (χ1n) is 12.5. The van der Waals surface area contributed by atoms with Gasteiger partial charge in [0.2, 0.25) is 10.0 Å². The summed E-state index contributed by atoms with van der Waals surface area (Å²) in [6.45, 7) is 2.82. The SMILES string of the molecule is CCCCCO[C@H]1CC[C@H]([C@H](C(=O)NO)N(Cc2ccncc2)S(=O)(=O)c2ccc(OC)cc2)CC1.Cl.